The van der Waals surface area contributed by atoms with E-state index in [0.29, 0.717) is 18.9 Å². The van der Waals surface area contributed by atoms with Crippen LogP contribution in [0.25, 0.3) is 0 Å². The number of hydrogen-bond acceptors (Lipinski definition) is 3. The van der Waals surface area contributed by atoms with Crippen LogP contribution in [0, 0.1) is 0 Å². The first-order chi connectivity index (χ1) is 8.54. The molecule has 4 heteroatoms. The number of carbonyl (C=O) groups excluding carboxylic acids is 1. The second kappa shape index (κ2) is 7.01. The molecule has 0 bridgehead atoms. The van der Waals surface area contributed by atoms with Gasteiger partial charge < -0.3 is 15.8 Å². The molecule has 0 aliphatic carbocycles. The van der Waals surface area contributed by atoms with Crippen molar-refractivity contribution in [2.75, 3.05) is 18.9 Å². The van der Waals surface area contributed by atoms with E-state index in [0.717, 1.165) is 5.56 Å². The van der Waals surface area contributed by atoms with E-state index >= 15 is 0 Å². The molecule has 1 aromatic carbocycles. The highest BCUT2D eigenvalue weighted by molar-refractivity contribution is 5.83. The lowest BCUT2D eigenvalue weighted by molar-refractivity contribution is -0.123. The van der Waals surface area contributed by atoms with Crippen molar-refractivity contribution in [1.82, 2.24) is 5.32 Å². The highest BCUT2D eigenvalue weighted by atomic mass is 16.5. The molecular formula is C14H22N2O2. The predicted octanol–water partition coefficient (Wildman–Crippen LogP) is 1.91. The van der Waals surface area contributed by atoms with E-state index in [-0.39, 0.29) is 17.9 Å². The third kappa shape index (κ3) is 4.37. The summed E-state index contributed by atoms with van der Waals surface area (Å²) < 4.78 is 5.27. The summed E-state index contributed by atoms with van der Waals surface area (Å²) in [5, 5.41) is 2.93. The minimum Gasteiger partial charge on any atom is -0.399 e. The van der Waals surface area contributed by atoms with Gasteiger partial charge in [0.05, 0.1) is 12.5 Å². The second-order valence-corrected chi connectivity index (χ2v) is 4.46. The van der Waals surface area contributed by atoms with Gasteiger partial charge in [0, 0.05) is 18.3 Å². The van der Waals surface area contributed by atoms with Crippen LogP contribution in [-0.4, -0.2) is 25.2 Å². The van der Waals surface area contributed by atoms with Crippen molar-refractivity contribution in [3.8, 4) is 0 Å². The normalized spacial score (nSPS) is 13.9. The summed E-state index contributed by atoms with van der Waals surface area (Å²) in [5.41, 5.74) is 7.31. The molecule has 1 rings (SSSR count). The lowest BCUT2D eigenvalue weighted by atomic mass is 9.99. The van der Waals surface area contributed by atoms with Crippen molar-refractivity contribution in [3.63, 3.8) is 0 Å². The van der Waals surface area contributed by atoms with Crippen LogP contribution in [0.5, 0.6) is 0 Å². The standard InChI is InChI=1S/C14H22N2O2/c1-4-18-9-10(2)16-14(17)11(3)12-6-5-7-13(15)8-12/h5-8,10-11H,4,9,15H2,1-3H3,(H,16,17). The maximum absolute atomic E-state index is 12.0. The third-order valence-electron chi connectivity index (χ3n) is 2.76. The molecule has 0 aliphatic heterocycles. The number of carbonyl (C=O) groups is 1. The van der Waals surface area contributed by atoms with Crippen LogP contribution in [0.4, 0.5) is 5.69 Å². The Morgan fingerprint density at radius 3 is 2.78 bits per heavy atom. The van der Waals surface area contributed by atoms with E-state index in [4.69, 9.17) is 10.5 Å². The molecule has 100 valence electrons. The molecule has 2 unspecified atom stereocenters. The average Bonchev–Trinajstić information content (AvgIpc) is 2.35. The van der Waals surface area contributed by atoms with Gasteiger partial charge in [0.25, 0.3) is 0 Å². The first-order valence-corrected chi connectivity index (χ1v) is 6.28. The Balaban J connectivity index is 2.56. The monoisotopic (exact) mass is 250 g/mol. The summed E-state index contributed by atoms with van der Waals surface area (Å²) in [5.74, 6) is -0.217. The largest absolute Gasteiger partial charge is 0.399 e. The molecule has 0 saturated carbocycles. The van der Waals surface area contributed by atoms with Gasteiger partial charge in [-0.2, -0.15) is 0 Å². The molecular weight excluding hydrogens is 228 g/mol. The summed E-state index contributed by atoms with van der Waals surface area (Å²) >= 11 is 0. The summed E-state index contributed by atoms with van der Waals surface area (Å²) in [6, 6.07) is 7.43. The van der Waals surface area contributed by atoms with Crippen molar-refractivity contribution in [1.29, 1.82) is 0 Å². The Kier molecular flexibility index (Phi) is 5.65. The predicted molar refractivity (Wildman–Crippen MR) is 73.4 cm³/mol. The van der Waals surface area contributed by atoms with Crippen LogP contribution in [-0.2, 0) is 9.53 Å². The fraction of sp³-hybridized carbons (Fsp3) is 0.500. The van der Waals surface area contributed by atoms with E-state index < -0.39 is 0 Å². The molecule has 3 N–H and O–H groups in total. The Labute approximate surface area is 109 Å². The van der Waals surface area contributed by atoms with Gasteiger partial charge in [-0.05, 0) is 38.5 Å². The number of nitrogens with one attached hydrogen (secondary N) is 1. The zero-order chi connectivity index (χ0) is 13.5. The fourth-order valence-electron chi connectivity index (χ4n) is 1.68. The van der Waals surface area contributed by atoms with Crippen molar-refractivity contribution in [3.05, 3.63) is 29.8 Å². The van der Waals surface area contributed by atoms with E-state index in [2.05, 4.69) is 5.32 Å². The molecule has 2 atom stereocenters. The maximum Gasteiger partial charge on any atom is 0.227 e. The van der Waals surface area contributed by atoms with Gasteiger partial charge in [-0.15, -0.1) is 0 Å². The lowest BCUT2D eigenvalue weighted by Gasteiger charge is -2.18. The van der Waals surface area contributed by atoms with Gasteiger partial charge in [0.15, 0.2) is 0 Å². The first-order valence-electron chi connectivity index (χ1n) is 6.28. The minimum absolute atomic E-state index is 0.00666. The minimum atomic E-state index is -0.211. The molecule has 0 spiro atoms. The molecule has 0 aliphatic rings. The van der Waals surface area contributed by atoms with E-state index in [1.165, 1.54) is 0 Å². The summed E-state index contributed by atoms with van der Waals surface area (Å²) in [6.45, 7) is 6.93. The number of anilines is 1. The summed E-state index contributed by atoms with van der Waals surface area (Å²) in [6.07, 6.45) is 0. The third-order valence-corrected chi connectivity index (χ3v) is 2.76. The Morgan fingerprint density at radius 2 is 2.17 bits per heavy atom. The van der Waals surface area contributed by atoms with Crippen molar-refractivity contribution in [2.24, 2.45) is 0 Å². The smallest absolute Gasteiger partial charge is 0.227 e. The van der Waals surface area contributed by atoms with Crippen molar-refractivity contribution in [2.45, 2.75) is 32.7 Å². The maximum atomic E-state index is 12.0. The topological polar surface area (TPSA) is 64.3 Å². The zero-order valence-corrected chi connectivity index (χ0v) is 11.3. The van der Waals surface area contributed by atoms with E-state index in [9.17, 15) is 4.79 Å². The van der Waals surface area contributed by atoms with Gasteiger partial charge >= 0.3 is 0 Å². The molecule has 0 aromatic heterocycles. The fourth-order valence-corrected chi connectivity index (χ4v) is 1.68. The number of amides is 1. The number of hydrogen-bond donors (Lipinski definition) is 2. The number of nitrogens with two attached hydrogens (primary N) is 1. The van der Waals surface area contributed by atoms with Gasteiger partial charge in [0.1, 0.15) is 0 Å². The van der Waals surface area contributed by atoms with E-state index in [1.807, 2.05) is 45.0 Å². The number of nitrogen functional groups attached to an aromatic ring is 1. The lowest BCUT2D eigenvalue weighted by Crippen LogP contribution is -2.38. The van der Waals surface area contributed by atoms with Gasteiger partial charge in [-0.1, -0.05) is 12.1 Å². The van der Waals surface area contributed by atoms with Crippen molar-refractivity contribution >= 4 is 11.6 Å². The Morgan fingerprint density at radius 1 is 1.44 bits per heavy atom. The molecule has 0 radical (unpaired) electrons. The van der Waals surface area contributed by atoms with Gasteiger partial charge in [0.2, 0.25) is 5.91 Å². The SMILES string of the molecule is CCOCC(C)NC(=O)C(C)c1cccc(N)c1. The number of rotatable bonds is 6. The van der Waals surface area contributed by atoms with Crippen LogP contribution in [0.15, 0.2) is 24.3 Å². The van der Waals surface area contributed by atoms with Gasteiger partial charge in [-0.25, -0.2) is 0 Å². The average molecular weight is 250 g/mol. The van der Waals surface area contributed by atoms with Crippen LogP contribution in [0.1, 0.15) is 32.3 Å². The molecule has 4 nitrogen and oxygen atoms in total. The van der Waals surface area contributed by atoms with Crippen LogP contribution in [0.3, 0.4) is 0 Å². The van der Waals surface area contributed by atoms with E-state index in [1.54, 1.807) is 0 Å². The molecule has 0 fully saturated rings. The molecule has 1 aromatic rings. The highest BCUT2D eigenvalue weighted by Gasteiger charge is 2.17. The van der Waals surface area contributed by atoms with Crippen molar-refractivity contribution < 1.29 is 9.53 Å². The second-order valence-electron chi connectivity index (χ2n) is 4.46. The molecule has 1 amide bonds. The number of ether oxygens (including phenoxy) is 1. The number of benzene rings is 1. The molecule has 0 saturated heterocycles. The van der Waals surface area contributed by atoms with Gasteiger partial charge in [-0.3, -0.25) is 4.79 Å². The van der Waals surface area contributed by atoms with Crippen LogP contribution in [0.2, 0.25) is 0 Å². The molecule has 0 heterocycles. The highest BCUT2D eigenvalue weighted by Crippen LogP contribution is 2.17. The zero-order valence-electron chi connectivity index (χ0n) is 11.3. The Hall–Kier alpha value is -1.55. The molecule has 18 heavy (non-hydrogen) atoms. The Bertz CT molecular complexity index is 393. The van der Waals surface area contributed by atoms with Crippen LogP contribution >= 0.6 is 0 Å². The first kappa shape index (κ1) is 14.5. The quantitative estimate of drug-likeness (QED) is 0.758. The van der Waals surface area contributed by atoms with Crippen LogP contribution < -0.4 is 11.1 Å². The summed E-state index contributed by atoms with van der Waals surface area (Å²) in [4.78, 5) is 12.0. The summed E-state index contributed by atoms with van der Waals surface area (Å²) in [7, 11) is 0.